The second kappa shape index (κ2) is 5.90. The Balaban J connectivity index is 4.14. The number of hydrogen-bond acceptors (Lipinski definition) is 5. The fourth-order valence-corrected chi connectivity index (χ4v) is 0.950. The summed E-state index contributed by atoms with van der Waals surface area (Å²) in [5.74, 6) is -0.543. The second-order valence-corrected chi connectivity index (χ2v) is 2.89. The molecule has 0 amide bonds. The van der Waals surface area contributed by atoms with Gasteiger partial charge in [0.25, 0.3) is 0 Å². The Morgan fingerprint density at radius 3 is 2.31 bits per heavy atom. The third-order valence-corrected chi connectivity index (χ3v) is 1.61. The minimum Gasteiger partial charge on any atom is -0.460 e. The Labute approximate surface area is 77.0 Å². The number of esters is 1. The highest BCUT2D eigenvalue weighted by atomic mass is 16.6. The summed E-state index contributed by atoms with van der Waals surface area (Å²) < 4.78 is 4.70. The van der Waals surface area contributed by atoms with Crippen molar-refractivity contribution in [3.8, 4) is 0 Å². The van der Waals surface area contributed by atoms with Crippen LogP contribution in [0.25, 0.3) is 0 Å². The van der Waals surface area contributed by atoms with Crippen LogP contribution in [0.4, 0.5) is 0 Å². The van der Waals surface area contributed by atoms with E-state index < -0.39 is 24.3 Å². The van der Waals surface area contributed by atoms with Gasteiger partial charge in [0.1, 0.15) is 12.2 Å². The summed E-state index contributed by atoms with van der Waals surface area (Å²) in [5.41, 5.74) is 0. The van der Waals surface area contributed by atoms with E-state index in [-0.39, 0.29) is 13.0 Å². The molecule has 0 saturated heterocycles. The van der Waals surface area contributed by atoms with Crippen molar-refractivity contribution in [2.75, 3.05) is 6.61 Å². The van der Waals surface area contributed by atoms with E-state index in [0.29, 0.717) is 0 Å². The third kappa shape index (κ3) is 4.82. The van der Waals surface area contributed by atoms with Crippen LogP contribution in [0.2, 0.25) is 0 Å². The summed E-state index contributed by atoms with van der Waals surface area (Å²) in [6, 6.07) is 0. The molecule has 13 heavy (non-hydrogen) atoms. The number of aliphatic hydroxyl groups is 3. The fourth-order valence-electron chi connectivity index (χ4n) is 0.950. The molecule has 0 radical (unpaired) electrons. The van der Waals surface area contributed by atoms with Gasteiger partial charge in [-0.15, -0.1) is 0 Å². The van der Waals surface area contributed by atoms with Gasteiger partial charge in [-0.3, -0.25) is 4.79 Å². The van der Waals surface area contributed by atoms with Crippen molar-refractivity contribution in [3.05, 3.63) is 0 Å². The Kier molecular flexibility index (Phi) is 5.61. The standard InChI is InChI=1S/C8H16O5/c1-5(10)8(12)7(3-4-9)13-6(2)11/h5,7-10,12H,3-4H2,1-2H3/t5-,7-,8+/m1/s1. The van der Waals surface area contributed by atoms with E-state index in [4.69, 9.17) is 14.9 Å². The minimum atomic E-state index is -1.16. The summed E-state index contributed by atoms with van der Waals surface area (Å²) in [6.45, 7) is 2.39. The lowest BCUT2D eigenvalue weighted by atomic mass is 10.1. The van der Waals surface area contributed by atoms with Gasteiger partial charge in [0.15, 0.2) is 0 Å². The SMILES string of the molecule is CC(=O)O[C@H](CCO)[C@@H](O)[C@@H](C)O. The van der Waals surface area contributed by atoms with Crippen LogP contribution in [0.3, 0.4) is 0 Å². The first-order valence-electron chi connectivity index (χ1n) is 4.13. The summed E-state index contributed by atoms with van der Waals surface area (Å²) in [6.07, 6.45) is -2.87. The van der Waals surface area contributed by atoms with Crippen LogP contribution in [-0.4, -0.2) is 46.2 Å². The first-order chi connectivity index (χ1) is 5.99. The Bertz CT molecular complexity index is 157. The molecule has 0 aromatic rings. The van der Waals surface area contributed by atoms with Crippen LogP contribution in [-0.2, 0) is 9.53 Å². The number of carbonyl (C=O) groups is 1. The van der Waals surface area contributed by atoms with Crippen LogP contribution in [0.5, 0.6) is 0 Å². The summed E-state index contributed by atoms with van der Waals surface area (Å²) >= 11 is 0. The van der Waals surface area contributed by atoms with E-state index in [1.165, 1.54) is 13.8 Å². The number of ether oxygens (including phenoxy) is 1. The molecular formula is C8H16O5. The lowest BCUT2D eigenvalue weighted by molar-refractivity contribution is -0.157. The van der Waals surface area contributed by atoms with E-state index in [1.807, 2.05) is 0 Å². The molecule has 0 spiro atoms. The van der Waals surface area contributed by atoms with Gasteiger partial charge in [-0.05, 0) is 6.92 Å². The number of rotatable bonds is 5. The quantitative estimate of drug-likeness (QED) is 0.488. The highest BCUT2D eigenvalue weighted by Gasteiger charge is 2.25. The molecule has 0 bridgehead atoms. The van der Waals surface area contributed by atoms with Crippen molar-refractivity contribution in [2.45, 2.75) is 38.6 Å². The van der Waals surface area contributed by atoms with Crippen molar-refractivity contribution in [1.82, 2.24) is 0 Å². The van der Waals surface area contributed by atoms with Gasteiger partial charge >= 0.3 is 5.97 Å². The molecule has 3 N–H and O–H groups in total. The van der Waals surface area contributed by atoms with Crippen LogP contribution in [0, 0.1) is 0 Å². The highest BCUT2D eigenvalue weighted by Crippen LogP contribution is 2.08. The van der Waals surface area contributed by atoms with Gasteiger partial charge in [0.2, 0.25) is 0 Å². The summed E-state index contributed by atoms with van der Waals surface area (Å²) in [7, 11) is 0. The third-order valence-electron chi connectivity index (χ3n) is 1.61. The predicted molar refractivity (Wildman–Crippen MR) is 44.9 cm³/mol. The molecule has 0 saturated carbocycles. The van der Waals surface area contributed by atoms with Crippen molar-refractivity contribution in [2.24, 2.45) is 0 Å². The van der Waals surface area contributed by atoms with Crippen molar-refractivity contribution in [1.29, 1.82) is 0 Å². The zero-order valence-electron chi connectivity index (χ0n) is 7.80. The zero-order valence-corrected chi connectivity index (χ0v) is 7.80. The predicted octanol–water partition coefficient (Wildman–Crippen LogP) is -0.958. The summed E-state index contributed by atoms with van der Waals surface area (Å²) in [5, 5.41) is 26.9. The van der Waals surface area contributed by atoms with E-state index in [2.05, 4.69) is 0 Å². The Hall–Kier alpha value is -0.650. The molecule has 5 nitrogen and oxygen atoms in total. The molecule has 0 fully saturated rings. The van der Waals surface area contributed by atoms with Gasteiger partial charge in [-0.2, -0.15) is 0 Å². The average Bonchev–Trinajstić information content (AvgIpc) is 2.01. The largest absolute Gasteiger partial charge is 0.460 e. The zero-order chi connectivity index (χ0) is 10.4. The molecule has 0 aliphatic rings. The van der Waals surface area contributed by atoms with E-state index in [1.54, 1.807) is 0 Å². The Morgan fingerprint density at radius 2 is 2.00 bits per heavy atom. The van der Waals surface area contributed by atoms with Crippen molar-refractivity contribution < 1.29 is 24.9 Å². The van der Waals surface area contributed by atoms with Gasteiger partial charge in [0.05, 0.1) is 6.10 Å². The molecule has 0 aliphatic heterocycles. The number of aliphatic hydroxyl groups excluding tert-OH is 3. The van der Waals surface area contributed by atoms with Crippen LogP contribution in [0.1, 0.15) is 20.3 Å². The second-order valence-electron chi connectivity index (χ2n) is 2.89. The molecule has 0 rings (SSSR count). The van der Waals surface area contributed by atoms with Gasteiger partial charge < -0.3 is 20.1 Å². The molecule has 0 aromatic carbocycles. The maximum absolute atomic E-state index is 10.6. The molecule has 0 aliphatic carbocycles. The lowest BCUT2D eigenvalue weighted by Crippen LogP contribution is -2.39. The van der Waals surface area contributed by atoms with E-state index >= 15 is 0 Å². The van der Waals surface area contributed by atoms with Crippen LogP contribution >= 0.6 is 0 Å². The average molecular weight is 192 g/mol. The van der Waals surface area contributed by atoms with Crippen LogP contribution < -0.4 is 0 Å². The molecule has 5 heteroatoms. The molecule has 0 unspecified atom stereocenters. The van der Waals surface area contributed by atoms with Gasteiger partial charge in [-0.1, -0.05) is 0 Å². The maximum atomic E-state index is 10.6. The number of carbonyl (C=O) groups excluding carboxylic acids is 1. The van der Waals surface area contributed by atoms with Crippen LogP contribution in [0.15, 0.2) is 0 Å². The van der Waals surface area contributed by atoms with Gasteiger partial charge in [0, 0.05) is 20.0 Å². The van der Waals surface area contributed by atoms with E-state index in [9.17, 15) is 9.90 Å². The monoisotopic (exact) mass is 192 g/mol. The smallest absolute Gasteiger partial charge is 0.302 e. The fraction of sp³-hybridized carbons (Fsp3) is 0.875. The lowest BCUT2D eigenvalue weighted by Gasteiger charge is -2.23. The van der Waals surface area contributed by atoms with E-state index in [0.717, 1.165) is 0 Å². The molecule has 0 heterocycles. The normalized spacial score (nSPS) is 17.6. The van der Waals surface area contributed by atoms with Gasteiger partial charge in [-0.25, -0.2) is 0 Å². The molecule has 0 aromatic heterocycles. The topological polar surface area (TPSA) is 87.0 Å². The summed E-state index contributed by atoms with van der Waals surface area (Å²) in [4.78, 5) is 10.6. The van der Waals surface area contributed by atoms with Crippen molar-refractivity contribution >= 4 is 5.97 Å². The highest BCUT2D eigenvalue weighted by molar-refractivity contribution is 5.66. The molecular weight excluding hydrogens is 176 g/mol. The first kappa shape index (κ1) is 12.3. The maximum Gasteiger partial charge on any atom is 0.302 e. The molecule has 78 valence electrons. The molecule has 3 atom stereocenters. The first-order valence-corrected chi connectivity index (χ1v) is 4.13. The minimum absolute atomic E-state index is 0.117. The number of hydrogen-bond donors (Lipinski definition) is 3. The van der Waals surface area contributed by atoms with Crippen molar-refractivity contribution in [3.63, 3.8) is 0 Å². The Morgan fingerprint density at radius 1 is 1.46 bits per heavy atom.